The predicted octanol–water partition coefficient (Wildman–Crippen LogP) is 2.15. The first-order valence-electron chi connectivity index (χ1n) is 8.50. The quantitative estimate of drug-likeness (QED) is 0.893. The summed E-state index contributed by atoms with van der Waals surface area (Å²) in [5.74, 6) is 0.998. The van der Waals surface area contributed by atoms with Crippen LogP contribution in [0.5, 0.6) is 11.5 Å². The smallest absolute Gasteiger partial charge is 0.251 e. The number of carbonyl (C=O) groups is 2. The Hall–Kier alpha value is -3.02. The number of rotatable bonds is 5. The third-order valence-corrected chi connectivity index (χ3v) is 4.13. The molecule has 0 fully saturated rings. The second-order valence-electron chi connectivity index (χ2n) is 6.28. The molecule has 0 atom stereocenters. The normalized spacial score (nSPS) is 12.4. The molecule has 2 amide bonds. The summed E-state index contributed by atoms with van der Waals surface area (Å²) in [6.45, 7) is 3.37. The number of benzene rings is 2. The second kappa shape index (κ2) is 7.91. The van der Waals surface area contributed by atoms with Crippen LogP contribution in [-0.2, 0) is 11.3 Å². The van der Waals surface area contributed by atoms with Crippen LogP contribution in [-0.4, -0.2) is 43.5 Å². The molecule has 0 saturated heterocycles. The molecule has 0 aliphatic carbocycles. The Balaban J connectivity index is 1.54. The van der Waals surface area contributed by atoms with Gasteiger partial charge in [0, 0.05) is 19.2 Å². The van der Waals surface area contributed by atoms with Gasteiger partial charge in [-0.1, -0.05) is 23.8 Å². The van der Waals surface area contributed by atoms with Gasteiger partial charge in [-0.05, 0) is 36.8 Å². The molecule has 0 aromatic heterocycles. The number of ether oxygens (including phenoxy) is 2. The zero-order valence-electron chi connectivity index (χ0n) is 15.0. The van der Waals surface area contributed by atoms with Gasteiger partial charge >= 0.3 is 0 Å². The third kappa shape index (κ3) is 4.33. The van der Waals surface area contributed by atoms with Crippen LogP contribution in [0.25, 0.3) is 0 Å². The highest BCUT2D eigenvalue weighted by Crippen LogP contribution is 2.30. The fraction of sp³-hybridized carbons (Fsp3) is 0.300. The Morgan fingerprint density at radius 2 is 1.85 bits per heavy atom. The monoisotopic (exact) mass is 354 g/mol. The molecule has 2 aromatic carbocycles. The van der Waals surface area contributed by atoms with Crippen LogP contribution in [0.15, 0.2) is 42.5 Å². The molecule has 1 N–H and O–H groups in total. The third-order valence-electron chi connectivity index (χ3n) is 4.13. The van der Waals surface area contributed by atoms with E-state index in [4.69, 9.17) is 9.47 Å². The van der Waals surface area contributed by atoms with E-state index in [9.17, 15) is 9.59 Å². The largest absolute Gasteiger partial charge is 0.486 e. The average molecular weight is 354 g/mol. The van der Waals surface area contributed by atoms with Gasteiger partial charge in [-0.25, -0.2) is 0 Å². The maximum Gasteiger partial charge on any atom is 0.251 e. The van der Waals surface area contributed by atoms with E-state index < -0.39 is 0 Å². The van der Waals surface area contributed by atoms with Crippen molar-refractivity contribution >= 4 is 11.8 Å². The standard InChI is InChI=1S/C20H22N2O4/c1-14-4-3-5-16(10-14)20(24)21-12-19(23)22(2)13-15-6-7-17-18(11-15)26-9-8-25-17/h3-7,10-11H,8-9,12-13H2,1-2H3,(H,21,24). The molecule has 1 heterocycles. The zero-order valence-corrected chi connectivity index (χ0v) is 15.0. The van der Waals surface area contributed by atoms with Crippen LogP contribution in [0.4, 0.5) is 0 Å². The Morgan fingerprint density at radius 1 is 1.08 bits per heavy atom. The van der Waals surface area contributed by atoms with E-state index >= 15 is 0 Å². The van der Waals surface area contributed by atoms with Crippen LogP contribution in [0.3, 0.4) is 0 Å². The first-order valence-corrected chi connectivity index (χ1v) is 8.50. The molecule has 0 radical (unpaired) electrons. The van der Waals surface area contributed by atoms with Crippen LogP contribution < -0.4 is 14.8 Å². The van der Waals surface area contributed by atoms with Crippen LogP contribution in [0.1, 0.15) is 21.5 Å². The van der Waals surface area contributed by atoms with Gasteiger partial charge in [-0.15, -0.1) is 0 Å². The SMILES string of the molecule is Cc1cccc(C(=O)NCC(=O)N(C)Cc2ccc3c(c2)OCCO3)c1. The fourth-order valence-corrected chi connectivity index (χ4v) is 2.73. The van der Waals surface area contributed by atoms with Crippen molar-refractivity contribution in [2.24, 2.45) is 0 Å². The van der Waals surface area contributed by atoms with Crippen LogP contribution in [0, 0.1) is 6.92 Å². The zero-order chi connectivity index (χ0) is 18.5. The van der Waals surface area contributed by atoms with E-state index in [0.717, 1.165) is 16.9 Å². The number of nitrogens with one attached hydrogen (secondary N) is 1. The molecular weight excluding hydrogens is 332 g/mol. The van der Waals surface area contributed by atoms with Gasteiger partial charge in [0.05, 0.1) is 6.54 Å². The fourth-order valence-electron chi connectivity index (χ4n) is 2.73. The summed E-state index contributed by atoms with van der Waals surface area (Å²) in [5.41, 5.74) is 2.49. The summed E-state index contributed by atoms with van der Waals surface area (Å²) in [6, 6.07) is 12.9. The minimum atomic E-state index is -0.255. The summed E-state index contributed by atoms with van der Waals surface area (Å²) in [5, 5.41) is 2.67. The number of carbonyl (C=O) groups excluding carboxylic acids is 2. The predicted molar refractivity (Wildman–Crippen MR) is 97.4 cm³/mol. The Labute approximate surface area is 152 Å². The molecule has 1 aliphatic heterocycles. The lowest BCUT2D eigenvalue weighted by Crippen LogP contribution is -2.37. The maximum absolute atomic E-state index is 12.3. The lowest BCUT2D eigenvalue weighted by atomic mass is 10.1. The lowest BCUT2D eigenvalue weighted by molar-refractivity contribution is -0.129. The molecule has 1 aliphatic rings. The molecule has 3 rings (SSSR count). The van der Waals surface area contributed by atoms with E-state index in [1.54, 1.807) is 24.1 Å². The second-order valence-corrected chi connectivity index (χ2v) is 6.28. The van der Waals surface area contributed by atoms with Gasteiger partial charge in [-0.3, -0.25) is 9.59 Å². The van der Waals surface area contributed by atoms with Crippen molar-refractivity contribution in [3.63, 3.8) is 0 Å². The van der Waals surface area contributed by atoms with Crippen molar-refractivity contribution in [3.05, 3.63) is 59.2 Å². The summed E-state index contributed by atoms with van der Waals surface area (Å²) in [6.07, 6.45) is 0. The summed E-state index contributed by atoms with van der Waals surface area (Å²) >= 11 is 0. The van der Waals surface area contributed by atoms with Gasteiger partial charge in [0.2, 0.25) is 5.91 Å². The first-order chi connectivity index (χ1) is 12.5. The van der Waals surface area contributed by atoms with Gasteiger partial charge in [-0.2, -0.15) is 0 Å². The molecule has 6 heteroatoms. The van der Waals surface area contributed by atoms with Gasteiger partial charge in [0.15, 0.2) is 11.5 Å². The number of hydrogen-bond acceptors (Lipinski definition) is 4. The Bertz CT molecular complexity index is 819. The van der Waals surface area contributed by atoms with Crippen molar-refractivity contribution < 1.29 is 19.1 Å². The first kappa shape index (κ1) is 17.8. The van der Waals surface area contributed by atoms with Crippen molar-refractivity contribution in [3.8, 4) is 11.5 Å². The Kier molecular flexibility index (Phi) is 5.41. The van der Waals surface area contributed by atoms with E-state index in [-0.39, 0.29) is 18.4 Å². The highest BCUT2D eigenvalue weighted by Gasteiger charge is 2.15. The molecule has 26 heavy (non-hydrogen) atoms. The van der Waals surface area contributed by atoms with Gasteiger partial charge < -0.3 is 19.7 Å². The molecule has 0 saturated carbocycles. The topological polar surface area (TPSA) is 67.9 Å². The summed E-state index contributed by atoms with van der Waals surface area (Å²) < 4.78 is 11.1. The van der Waals surface area contributed by atoms with Crippen molar-refractivity contribution in [1.29, 1.82) is 0 Å². The van der Waals surface area contributed by atoms with Gasteiger partial charge in [0.1, 0.15) is 13.2 Å². The Morgan fingerprint density at radius 3 is 2.62 bits per heavy atom. The number of aryl methyl sites for hydroxylation is 1. The minimum Gasteiger partial charge on any atom is -0.486 e. The highest BCUT2D eigenvalue weighted by atomic mass is 16.6. The molecule has 136 valence electrons. The number of amides is 2. The molecule has 0 spiro atoms. The molecule has 0 unspecified atom stereocenters. The van der Waals surface area contributed by atoms with E-state index in [0.29, 0.717) is 31.1 Å². The van der Waals surface area contributed by atoms with Crippen molar-refractivity contribution in [2.75, 3.05) is 26.8 Å². The van der Waals surface area contributed by atoms with Crippen molar-refractivity contribution in [2.45, 2.75) is 13.5 Å². The maximum atomic E-state index is 12.3. The molecular formula is C20H22N2O4. The minimum absolute atomic E-state index is 0.0478. The average Bonchev–Trinajstić information content (AvgIpc) is 2.65. The number of likely N-dealkylation sites (N-methyl/N-ethyl adjacent to an activating group) is 1. The van der Waals surface area contributed by atoms with Crippen LogP contribution >= 0.6 is 0 Å². The molecule has 2 aromatic rings. The van der Waals surface area contributed by atoms with Gasteiger partial charge in [0.25, 0.3) is 5.91 Å². The molecule has 0 bridgehead atoms. The van der Waals surface area contributed by atoms with Crippen molar-refractivity contribution in [1.82, 2.24) is 10.2 Å². The number of fused-ring (bicyclic) bond motifs is 1. The van der Waals surface area contributed by atoms with E-state index in [1.807, 2.05) is 37.3 Å². The number of nitrogens with zero attached hydrogens (tertiary/aromatic N) is 1. The summed E-state index contributed by atoms with van der Waals surface area (Å²) in [4.78, 5) is 26.0. The van der Waals surface area contributed by atoms with E-state index in [1.165, 1.54) is 0 Å². The number of hydrogen-bond donors (Lipinski definition) is 1. The van der Waals surface area contributed by atoms with Crippen LogP contribution in [0.2, 0.25) is 0 Å². The summed E-state index contributed by atoms with van der Waals surface area (Å²) in [7, 11) is 1.71. The highest BCUT2D eigenvalue weighted by molar-refractivity contribution is 5.96. The van der Waals surface area contributed by atoms with E-state index in [2.05, 4.69) is 5.32 Å². The molecule has 6 nitrogen and oxygen atoms in total. The lowest BCUT2D eigenvalue weighted by Gasteiger charge is -2.21.